The summed E-state index contributed by atoms with van der Waals surface area (Å²) in [5.74, 6) is 0. The molecule has 1 unspecified atom stereocenters. The van der Waals surface area contributed by atoms with E-state index in [1.54, 1.807) is 0 Å². The number of hydrogen-bond acceptors (Lipinski definition) is 2. The smallest absolute Gasteiger partial charge is 0.0594 e. The second kappa shape index (κ2) is 5.26. The molecule has 1 aromatic carbocycles. The van der Waals surface area contributed by atoms with E-state index in [1.165, 1.54) is 5.56 Å². The van der Waals surface area contributed by atoms with Gasteiger partial charge in [0.1, 0.15) is 0 Å². The largest absolute Gasteiger partial charge is 0.379 e. The van der Waals surface area contributed by atoms with Crippen molar-refractivity contribution in [3.8, 4) is 0 Å². The molecule has 1 atom stereocenters. The Balaban J connectivity index is 2.09. The quantitative estimate of drug-likeness (QED) is 0.746. The van der Waals surface area contributed by atoms with Gasteiger partial charge in [-0.05, 0) is 5.56 Å². The van der Waals surface area contributed by atoms with E-state index in [1.807, 2.05) is 18.2 Å². The molecule has 1 N–H and O–H groups in total. The summed E-state index contributed by atoms with van der Waals surface area (Å²) in [5.41, 5.74) is 8.90. The number of ether oxygens (including phenoxy) is 1. The summed E-state index contributed by atoms with van der Waals surface area (Å²) in [6.45, 7) is 3.90. The van der Waals surface area contributed by atoms with Crippen molar-refractivity contribution in [1.82, 2.24) is 10.6 Å². The molecule has 0 amide bonds. The lowest BCUT2D eigenvalue weighted by atomic mass is 10.1. The normalized spacial score (nSPS) is 20.1. The maximum atomic E-state index is 7.65. The number of benzene rings is 1. The fourth-order valence-corrected chi connectivity index (χ4v) is 2.02. The number of nitrogens with one attached hydrogen (secondary N) is 1. The molecule has 3 heteroatoms. The second-order valence-electron chi connectivity index (χ2n) is 3.78. The molecule has 1 heterocycles. The van der Waals surface area contributed by atoms with Crippen molar-refractivity contribution in [2.45, 2.75) is 6.04 Å². The number of morpholine rings is 1. The van der Waals surface area contributed by atoms with Gasteiger partial charge >= 0.3 is 0 Å². The van der Waals surface area contributed by atoms with E-state index in [-0.39, 0.29) is 6.04 Å². The van der Waals surface area contributed by atoms with Crippen LogP contribution in [-0.2, 0) is 4.74 Å². The van der Waals surface area contributed by atoms with Crippen molar-refractivity contribution in [1.29, 1.82) is 0 Å². The Hall–Kier alpha value is -0.900. The molecular weight excluding hydrogens is 188 g/mol. The fourth-order valence-electron chi connectivity index (χ4n) is 2.02. The molecule has 1 fully saturated rings. The van der Waals surface area contributed by atoms with Gasteiger partial charge < -0.3 is 4.74 Å². The highest BCUT2D eigenvalue weighted by molar-refractivity contribution is 5.19. The molecule has 2 rings (SSSR count). The molecular formula is C12H17N2O. The van der Waals surface area contributed by atoms with E-state index in [0.29, 0.717) is 6.54 Å². The predicted molar refractivity (Wildman–Crippen MR) is 59.5 cm³/mol. The maximum absolute atomic E-state index is 7.65. The lowest BCUT2D eigenvalue weighted by molar-refractivity contribution is 0.0176. The van der Waals surface area contributed by atoms with Crippen molar-refractivity contribution >= 4 is 0 Å². The summed E-state index contributed by atoms with van der Waals surface area (Å²) in [7, 11) is 0. The third-order valence-corrected chi connectivity index (χ3v) is 2.86. The molecule has 1 radical (unpaired) electrons. The fraction of sp³-hybridized carbons (Fsp3) is 0.500. The summed E-state index contributed by atoms with van der Waals surface area (Å²) >= 11 is 0. The minimum Gasteiger partial charge on any atom is -0.379 e. The molecule has 15 heavy (non-hydrogen) atoms. The van der Waals surface area contributed by atoms with E-state index in [0.717, 1.165) is 26.3 Å². The lowest BCUT2D eigenvalue weighted by Crippen LogP contribution is -2.40. The van der Waals surface area contributed by atoms with Gasteiger partial charge in [0, 0.05) is 25.7 Å². The third-order valence-electron chi connectivity index (χ3n) is 2.86. The van der Waals surface area contributed by atoms with E-state index < -0.39 is 0 Å². The van der Waals surface area contributed by atoms with E-state index in [4.69, 9.17) is 10.5 Å². The van der Waals surface area contributed by atoms with E-state index in [2.05, 4.69) is 17.0 Å². The van der Waals surface area contributed by atoms with Crippen LogP contribution < -0.4 is 5.73 Å². The first-order valence-corrected chi connectivity index (χ1v) is 5.43. The summed E-state index contributed by atoms with van der Waals surface area (Å²) < 4.78 is 5.33. The van der Waals surface area contributed by atoms with Crippen molar-refractivity contribution in [3.05, 3.63) is 35.9 Å². The Morgan fingerprint density at radius 1 is 1.20 bits per heavy atom. The van der Waals surface area contributed by atoms with Crippen LogP contribution >= 0.6 is 0 Å². The molecule has 1 aromatic rings. The van der Waals surface area contributed by atoms with Gasteiger partial charge in [-0.1, -0.05) is 30.3 Å². The second-order valence-corrected chi connectivity index (χ2v) is 3.78. The van der Waals surface area contributed by atoms with Crippen LogP contribution in [0.25, 0.3) is 0 Å². The standard InChI is InChI=1S/C12H17N2O/c13-10-12(11-4-2-1-3-5-11)14-6-8-15-9-7-14/h1-5,12-13H,6-10H2. The zero-order valence-electron chi connectivity index (χ0n) is 8.86. The van der Waals surface area contributed by atoms with Crippen LogP contribution in [-0.4, -0.2) is 37.7 Å². The number of nitrogens with zero attached hydrogens (tertiary/aromatic N) is 1. The van der Waals surface area contributed by atoms with E-state index >= 15 is 0 Å². The zero-order chi connectivity index (χ0) is 10.5. The van der Waals surface area contributed by atoms with Gasteiger partial charge in [0.05, 0.1) is 13.2 Å². The van der Waals surface area contributed by atoms with Gasteiger partial charge in [-0.2, -0.15) is 0 Å². The minimum atomic E-state index is 0.232. The van der Waals surface area contributed by atoms with Crippen LogP contribution in [0.3, 0.4) is 0 Å². The number of rotatable bonds is 3. The van der Waals surface area contributed by atoms with Gasteiger partial charge in [-0.3, -0.25) is 10.6 Å². The Kier molecular flexibility index (Phi) is 3.72. The number of hydrogen-bond donors (Lipinski definition) is 0. The topological polar surface area (TPSA) is 36.3 Å². The van der Waals surface area contributed by atoms with Crippen molar-refractivity contribution in [3.63, 3.8) is 0 Å². The van der Waals surface area contributed by atoms with Crippen LogP contribution in [0.1, 0.15) is 11.6 Å². The van der Waals surface area contributed by atoms with Gasteiger partial charge in [0.15, 0.2) is 0 Å². The van der Waals surface area contributed by atoms with Crippen LogP contribution in [0.5, 0.6) is 0 Å². The predicted octanol–water partition coefficient (Wildman–Crippen LogP) is 1.34. The third kappa shape index (κ3) is 2.56. The molecule has 81 valence electrons. The average Bonchev–Trinajstić information content (AvgIpc) is 2.33. The molecule has 1 aliphatic heterocycles. The van der Waals surface area contributed by atoms with Gasteiger partial charge in [-0.15, -0.1) is 0 Å². The van der Waals surface area contributed by atoms with Crippen LogP contribution in [0, 0.1) is 0 Å². The monoisotopic (exact) mass is 205 g/mol. The first-order valence-electron chi connectivity index (χ1n) is 5.43. The average molecular weight is 205 g/mol. The van der Waals surface area contributed by atoms with Crippen molar-refractivity contribution in [2.24, 2.45) is 0 Å². The molecule has 1 aliphatic rings. The summed E-state index contributed by atoms with van der Waals surface area (Å²) in [6.07, 6.45) is 0. The molecule has 1 saturated heterocycles. The van der Waals surface area contributed by atoms with Gasteiger partial charge in [0.25, 0.3) is 0 Å². The molecule has 3 nitrogen and oxygen atoms in total. The Morgan fingerprint density at radius 2 is 1.87 bits per heavy atom. The van der Waals surface area contributed by atoms with Gasteiger partial charge in [-0.25, -0.2) is 0 Å². The SMILES string of the molecule is [NH]CC(c1ccccc1)N1CCOCC1. The highest BCUT2D eigenvalue weighted by atomic mass is 16.5. The highest BCUT2D eigenvalue weighted by Crippen LogP contribution is 2.20. The van der Waals surface area contributed by atoms with Gasteiger partial charge in [0.2, 0.25) is 0 Å². The minimum absolute atomic E-state index is 0.232. The molecule has 0 aromatic heterocycles. The molecule has 0 bridgehead atoms. The Morgan fingerprint density at radius 3 is 2.47 bits per heavy atom. The van der Waals surface area contributed by atoms with Crippen LogP contribution in [0.15, 0.2) is 30.3 Å². The van der Waals surface area contributed by atoms with Crippen LogP contribution in [0.4, 0.5) is 0 Å². The van der Waals surface area contributed by atoms with Crippen LogP contribution in [0.2, 0.25) is 0 Å². The highest BCUT2D eigenvalue weighted by Gasteiger charge is 2.20. The van der Waals surface area contributed by atoms with Crippen molar-refractivity contribution < 1.29 is 4.74 Å². The van der Waals surface area contributed by atoms with Crippen molar-refractivity contribution in [2.75, 3.05) is 32.8 Å². The maximum Gasteiger partial charge on any atom is 0.0594 e. The zero-order valence-corrected chi connectivity index (χ0v) is 8.86. The summed E-state index contributed by atoms with van der Waals surface area (Å²) in [6, 6.07) is 10.5. The van der Waals surface area contributed by atoms with E-state index in [9.17, 15) is 0 Å². The first-order chi connectivity index (χ1) is 7.42. The summed E-state index contributed by atoms with van der Waals surface area (Å²) in [4.78, 5) is 2.34. The Bertz CT molecular complexity index is 283. The molecule has 0 aliphatic carbocycles. The Labute approximate surface area is 90.8 Å². The first kappa shape index (κ1) is 10.6. The molecule has 0 saturated carbocycles. The lowest BCUT2D eigenvalue weighted by Gasteiger charge is -2.33. The summed E-state index contributed by atoms with van der Waals surface area (Å²) in [5, 5.41) is 0. The molecule has 0 spiro atoms.